The second-order valence-corrected chi connectivity index (χ2v) is 23.7. The third-order valence-corrected chi connectivity index (χ3v) is 19.4. The molecule has 71 heavy (non-hydrogen) atoms. The van der Waals surface area contributed by atoms with E-state index in [0.29, 0.717) is 0 Å². The number of hydrogen-bond donors (Lipinski definition) is 0. The van der Waals surface area contributed by atoms with Crippen molar-refractivity contribution in [3.05, 3.63) is 169 Å². The van der Waals surface area contributed by atoms with Crippen molar-refractivity contribution in [3.63, 3.8) is 0 Å². The van der Waals surface area contributed by atoms with Crippen LogP contribution in [0.2, 0.25) is 0 Å². The summed E-state index contributed by atoms with van der Waals surface area (Å²) in [5.74, 6) is 8.08. The molecule has 4 heterocycles. The summed E-state index contributed by atoms with van der Waals surface area (Å²) >= 11 is 0. The maximum atomic E-state index is 5.83. The fourth-order valence-electron chi connectivity index (χ4n) is 17.6. The molecule has 4 aromatic heterocycles. The zero-order valence-electron chi connectivity index (χ0n) is 40.1. The monoisotopic (exact) mass is 920 g/mol. The molecule has 8 saturated carbocycles. The second-order valence-electron chi connectivity index (χ2n) is 23.7. The van der Waals surface area contributed by atoms with Crippen LogP contribution in [0.15, 0.2) is 158 Å². The first-order valence-corrected chi connectivity index (χ1v) is 26.9. The smallest absolute Gasteiger partial charge is 0.163 e. The number of fused-ring (bicyclic) bond motifs is 12. The Morgan fingerprint density at radius 2 is 0.676 bits per heavy atom. The van der Waals surface area contributed by atoms with E-state index in [9.17, 15) is 0 Å². The molecule has 0 unspecified atom stereocenters. The Balaban J connectivity index is 0.976. The van der Waals surface area contributed by atoms with Crippen LogP contribution in [0.4, 0.5) is 0 Å². The normalized spacial score (nSPS) is 27.4. The first-order valence-electron chi connectivity index (χ1n) is 26.9. The van der Waals surface area contributed by atoms with Crippen LogP contribution in [0.25, 0.3) is 93.9 Å². The lowest BCUT2D eigenvalue weighted by Crippen LogP contribution is -2.51. The minimum absolute atomic E-state index is 0.0785. The van der Waals surface area contributed by atoms with E-state index >= 15 is 0 Å². The van der Waals surface area contributed by atoms with Gasteiger partial charge in [0, 0.05) is 65.8 Å². The van der Waals surface area contributed by atoms with E-state index in [0.717, 1.165) is 75.6 Å². The summed E-state index contributed by atoms with van der Waals surface area (Å²) in [6.07, 6.45) is 16.0. The van der Waals surface area contributed by atoms with Crippen LogP contribution in [0, 0.1) is 35.5 Å². The van der Waals surface area contributed by atoms with Crippen LogP contribution >= 0.6 is 0 Å². The lowest BCUT2D eigenvalue weighted by atomic mass is 9.49. The number of benzene rings is 7. The van der Waals surface area contributed by atoms with Gasteiger partial charge in [0.25, 0.3) is 0 Å². The minimum atomic E-state index is 0.0785. The van der Waals surface area contributed by atoms with E-state index in [1.807, 2.05) is 0 Å². The highest BCUT2D eigenvalue weighted by Crippen LogP contribution is 2.63. The Hall–Kier alpha value is -7.05. The largest absolute Gasteiger partial charge is 0.308 e. The Bertz CT molecular complexity index is 3820. The van der Waals surface area contributed by atoms with E-state index in [2.05, 4.69) is 171 Å². The number of rotatable bonds is 6. The van der Waals surface area contributed by atoms with E-state index < -0.39 is 0 Å². The molecule has 6 heteroatoms. The van der Waals surface area contributed by atoms with Gasteiger partial charge in [0.15, 0.2) is 5.82 Å². The van der Waals surface area contributed by atoms with Crippen molar-refractivity contribution in [1.82, 2.24) is 28.7 Å². The van der Waals surface area contributed by atoms with Crippen molar-refractivity contribution in [3.8, 4) is 28.5 Å². The van der Waals surface area contributed by atoms with Crippen molar-refractivity contribution in [2.45, 2.75) is 87.9 Å². The molecule has 8 bridgehead atoms. The van der Waals surface area contributed by atoms with Crippen LogP contribution in [-0.4, -0.2) is 28.7 Å². The highest BCUT2D eigenvalue weighted by atomic mass is 15.1. The molecular weight excluding hydrogens is 865 g/mol. The van der Waals surface area contributed by atoms with E-state index in [1.165, 1.54) is 142 Å². The van der Waals surface area contributed by atoms with Gasteiger partial charge in [-0.3, -0.25) is 0 Å². The Kier molecular flexibility index (Phi) is 7.99. The molecule has 8 aliphatic carbocycles. The molecule has 11 aromatic rings. The third kappa shape index (κ3) is 5.51. The van der Waals surface area contributed by atoms with Gasteiger partial charge in [-0.15, -0.1) is 0 Å². The highest BCUT2D eigenvalue weighted by molar-refractivity contribution is 6.40. The number of aromatic nitrogens is 6. The summed E-state index contributed by atoms with van der Waals surface area (Å²) in [4.78, 5) is 17.4. The maximum Gasteiger partial charge on any atom is 0.163 e. The average Bonchev–Trinajstić information content (AvgIpc) is 4.07. The number of nitrogens with zero attached hydrogens (tertiary/aromatic N) is 6. The van der Waals surface area contributed by atoms with E-state index in [4.69, 9.17) is 15.0 Å². The second kappa shape index (κ2) is 14.3. The summed E-state index contributed by atoms with van der Waals surface area (Å²) in [6.45, 7) is 0. The SMILES string of the molecule is c1ccc(-n2c3ccccc3c3c2c2c4ccccc4n(-c4cccc(-c5nc(C67CC8CC(CC(C8)C6)C7)nc(C67CC8CC(CC(C8)C6)C7)n5)c4)c2c2c4ccccc4n(-c4ccccc4)c32)cc1. The molecule has 0 N–H and O–H groups in total. The molecule has 0 spiro atoms. The van der Waals surface area contributed by atoms with Crippen molar-refractivity contribution >= 4 is 65.4 Å². The van der Waals surface area contributed by atoms with Gasteiger partial charge in [-0.05, 0) is 167 Å². The molecule has 7 aromatic carbocycles. The quantitative estimate of drug-likeness (QED) is 0.167. The molecular formula is C65H56N6. The molecule has 0 aliphatic heterocycles. The van der Waals surface area contributed by atoms with Crippen LogP contribution in [-0.2, 0) is 10.8 Å². The van der Waals surface area contributed by atoms with Gasteiger partial charge < -0.3 is 13.7 Å². The first-order chi connectivity index (χ1) is 35.0. The Morgan fingerprint density at radius 3 is 1.07 bits per heavy atom. The van der Waals surface area contributed by atoms with Crippen molar-refractivity contribution in [2.75, 3.05) is 0 Å². The summed E-state index contributed by atoms with van der Waals surface area (Å²) < 4.78 is 7.66. The molecule has 0 amide bonds. The van der Waals surface area contributed by atoms with Crippen LogP contribution < -0.4 is 0 Å². The summed E-state index contributed by atoms with van der Waals surface area (Å²) in [5, 5.41) is 7.52. The van der Waals surface area contributed by atoms with Crippen LogP contribution in [0.3, 0.4) is 0 Å². The van der Waals surface area contributed by atoms with Gasteiger partial charge >= 0.3 is 0 Å². The van der Waals surface area contributed by atoms with Gasteiger partial charge in [-0.25, -0.2) is 15.0 Å². The van der Waals surface area contributed by atoms with E-state index in [-0.39, 0.29) is 10.8 Å². The first kappa shape index (κ1) is 39.6. The number of hydrogen-bond acceptors (Lipinski definition) is 3. The third-order valence-electron chi connectivity index (χ3n) is 19.4. The predicted molar refractivity (Wildman–Crippen MR) is 288 cm³/mol. The summed E-state index contributed by atoms with van der Waals surface area (Å²) in [7, 11) is 0. The van der Waals surface area contributed by atoms with Gasteiger partial charge in [0.2, 0.25) is 0 Å². The zero-order valence-corrected chi connectivity index (χ0v) is 40.1. The fraction of sp³-hybridized carbons (Fsp3) is 0.308. The van der Waals surface area contributed by atoms with Gasteiger partial charge in [0.1, 0.15) is 11.6 Å². The minimum Gasteiger partial charge on any atom is -0.308 e. The molecule has 8 fully saturated rings. The van der Waals surface area contributed by atoms with E-state index in [1.54, 1.807) is 0 Å². The van der Waals surface area contributed by atoms with Crippen LogP contribution in [0.1, 0.15) is 88.7 Å². The molecule has 8 aliphatic rings. The lowest BCUT2D eigenvalue weighted by Gasteiger charge is -2.57. The molecule has 346 valence electrons. The van der Waals surface area contributed by atoms with Gasteiger partial charge in [0.05, 0.1) is 33.1 Å². The molecule has 6 nitrogen and oxygen atoms in total. The Labute approximate surface area is 413 Å². The summed E-state index contributed by atoms with van der Waals surface area (Å²) in [6, 6.07) is 58.6. The molecule has 19 rings (SSSR count). The van der Waals surface area contributed by atoms with Crippen molar-refractivity contribution < 1.29 is 0 Å². The van der Waals surface area contributed by atoms with Crippen molar-refractivity contribution in [2.24, 2.45) is 35.5 Å². The predicted octanol–water partition coefficient (Wildman–Crippen LogP) is 15.8. The van der Waals surface area contributed by atoms with Crippen molar-refractivity contribution in [1.29, 1.82) is 0 Å². The molecule has 0 atom stereocenters. The number of para-hydroxylation sites is 5. The highest BCUT2D eigenvalue weighted by Gasteiger charge is 2.56. The fourth-order valence-corrected chi connectivity index (χ4v) is 17.6. The summed E-state index contributed by atoms with van der Waals surface area (Å²) in [5.41, 5.74) is 11.9. The van der Waals surface area contributed by atoms with Gasteiger partial charge in [-0.1, -0.05) is 103 Å². The van der Waals surface area contributed by atoms with Gasteiger partial charge in [-0.2, -0.15) is 0 Å². The average molecular weight is 921 g/mol. The van der Waals surface area contributed by atoms with Crippen LogP contribution in [0.5, 0.6) is 0 Å². The molecule has 0 radical (unpaired) electrons. The standard InChI is InChI=1S/C65H56N6/c1-3-15-46(16-4-1)69-52-23-10-7-20-49(52)55-58-56(50-21-8-11-24-53(50)70(58)47-17-5-2-6-18-47)60-57(59(55)69)51-22-9-12-25-54(51)71(60)48-19-13-14-45(32-48)61-66-62(64-33-39-26-40(34-64)28-41(27-39)35-64)68-63(67-61)65-36-42-29-43(37-65)31-44(30-42)38-65/h1-25,32,39-44H,26-31,33-38H2. The lowest BCUT2D eigenvalue weighted by molar-refractivity contribution is -0.0155. The Morgan fingerprint density at radius 1 is 0.338 bits per heavy atom. The maximum absolute atomic E-state index is 5.83. The molecule has 0 saturated heterocycles. The topological polar surface area (TPSA) is 53.5 Å². The zero-order chi connectivity index (χ0) is 46.2.